The van der Waals surface area contributed by atoms with Gasteiger partial charge >= 0.3 is 5.97 Å². The summed E-state index contributed by atoms with van der Waals surface area (Å²) in [5, 5.41) is 17.5. The predicted molar refractivity (Wildman–Crippen MR) is 64.9 cm³/mol. The molecule has 0 amide bonds. The van der Waals surface area contributed by atoms with Gasteiger partial charge < -0.3 is 10.1 Å². The normalized spacial score (nSPS) is 10.9. The van der Waals surface area contributed by atoms with Gasteiger partial charge in [-0.2, -0.15) is 0 Å². The van der Waals surface area contributed by atoms with E-state index in [0.717, 1.165) is 22.3 Å². The van der Waals surface area contributed by atoms with Crippen molar-refractivity contribution in [3.05, 3.63) is 41.9 Å². The van der Waals surface area contributed by atoms with Gasteiger partial charge in [-0.3, -0.25) is 0 Å². The van der Waals surface area contributed by atoms with E-state index in [9.17, 15) is 4.79 Å². The van der Waals surface area contributed by atoms with Gasteiger partial charge in [-0.25, -0.2) is 9.48 Å². The third-order valence-electron chi connectivity index (χ3n) is 2.84. The van der Waals surface area contributed by atoms with Gasteiger partial charge in [0.1, 0.15) is 0 Å². The first-order chi connectivity index (χ1) is 8.68. The number of aromatic carboxylic acids is 1. The van der Waals surface area contributed by atoms with Gasteiger partial charge in [0.05, 0.1) is 11.9 Å². The summed E-state index contributed by atoms with van der Waals surface area (Å²) in [6.07, 6.45) is 1.24. The van der Waals surface area contributed by atoms with Gasteiger partial charge in [0.25, 0.3) is 0 Å². The van der Waals surface area contributed by atoms with Crippen molar-refractivity contribution >= 4 is 16.9 Å². The molecule has 90 valence electrons. The van der Waals surface area contributed by atoms with E-state index in [1.807, 2.05) is 31.2 Å². The second-order valence-electron chi connectivity index (χ2n) is 3.98. The van der Waals surface area contributed by atoms with Crippen molar-refractivity contribution in [3.63, 3.8) is 0 Å². The van der Waals surface area contributed by atoms with Crippen molar-refractivity contribution in [1.82, 2.24) is 20.0 Å². The van der Waals surface area contributed by atoms with E-state index in [-0.39, 0.29) is 5.69 Å². The number of hydrogen-bond acceptors (Lipinski definition) is 3. The van der Waals surface area contributed by atoms with Crippen molar-refractivity contribution in [2.75, 3.05) is 0 Å². The number of nitrogens with zero attached hydrogens (tertiary/aromatic N) is 3. The zero-order valence-electron chi connectivity index (χ0n) is 9.58. The molecule has 0 bridgehead atoms. The number of nitrogens with one attached hydrogen (secondary N) is 1. The molecule has 0 atom stereocenters. The van der Waals surface area contributed by atoms with E-state index in [2.05, 4.69) is 15.3 Å². The fraction of sp³-hybridized carbons (Fsp3) is 0.0833. The topological polar surface area (TPSA) is 83.8 Å². The van der Waals surface area contributed by atoms with E-state index in [4.69, 9.17) is 5.11 Å². The molecule has 0 saturated carbocycles. The Balaban J connectivity index is 2.34. The first-order valence-corrected chi connectivity index (χ1v) is 5.40. The summed E-state index contributed by atoms with van der Waals surface area (Å²) >= 11 is 0. The fourth-order valence-corrected chi connectivity index (χ4v) is 2.08. The van der Waals surface area contributed by atoms with E-state index in [1.54, 1.807) is 0 Å². The van der Waals surface area contributed by atoms with Gasteiger partial charge in [0.15, 0.2) is 5.69 Å². The Morgan fingerprint density at radius 3 is 2.94 bits per heavy atom. The Kier molecular flexibility index (Phi) is 2.16. The van der Waals surface area contributed by atoms with E-state index in [1.165, 1.54) is 10.9 Å². The van der Waals surface area contributed by atoms with Crippen molar-refractivity contribution < 1.29 is 9.90 Å². The number of aromatic nitrogens is 4. The summed E-state index contributed by atoms with van der Waals surface area (Å²) in [6, 6.07) is 7.67. The molecule has 3 aromatic rings. The number of aryl methyl sites for hydroxylation is 1. The van der Waals surface area contributed by atoms with Crippen LogP contribution in [0.15, 0.2) is 30.5 Å². The Bertz CT molecular complexity index is 741. The van der Waals surface area contributed by atoms with Crippen LogP contribution in [0, 0.1) is 6.92 Å². The number of hydrogen-bond donors (Lipinski definition) is 2. The summed E-state index contributed by atoms with van der Waals surface area (Å²) in [5.74, 6) is -1.05. The summed E-state index contributed by atoms with van der Waals surface area (Å²) in [7, 11) is 0. The van der Waals surface area contributed by atoms with Crippen molar-refractivity contribution in [1.29, 1.82) is 0 Å². The number of H-pyrrole nitrogens is 1. The van der Waals surface area contributed by atoms with E-state index >= 15 is 0 Å². The van der Waals surface area contributed by atoms with Crippen molar-refractivity contribution in [2.24, 2.45) is 0 Å². The van der Waals surface area contributed by atoms with Gasteiger partial charge in [-0.05, 0) is 13.0 Å². The predicted octanol–water partition coefficient (Wildman–Crippen LogP) is 1.76. The average molecular weight is 242 g/mol. The van der Waals surface area contributed by atoms with Gasteiger partial charge in [-0.1, -0.05) is 23.4 Å². The number of para-hydroxylation sites is 1. The lowest BCUT2D eigenvalue weighted by Crippen LogP contribution is -2.08. The summed E-state index contributed by atoms with van der Waals surface area (Å²) < 4.78 is 1.34. The van der Waals surface area contributed by atoms with Crippen LogP contribution in [-0.4, -0.2) is 31.1 Å². The lowest BCUT2D eigenvalue weighted by molar-refractivity contribution is 0.0687. The van der Waals surface area contributed by atoms with Gasteiger partial charge in [0, 0.05) is 16.6 Å². The van der Waals surface area contributed by atoms with Gasteiger partial charge in [-0.15, -0.1) is 5.10 Å². The second-order valence-corrected chi connectivity index (χ2v) is 3.98. The molecule has 18 heavy (non-hydrogen) atoms. The quantitative estimate of drug-likeness (QED) is 0.717. The highest BCUT2D eigenvalue weighted by atomic mass is 16.4. The number of carboxylic acids is 1. The summed E-state index contributed by atoms with van der Waals surface area (Å²) in [4.78, 5) is 14.3. The number of carbonyl (C=O) groups is 1. The molecule has 1 aromatic carbocycles. The molecule has 0 radical (unpaired) electrons. The maximum absolute atomic E-state index is 11.1. The van der Waals surface area contributed by atoms with Crippen LogP contribution in [0.3, 0.4) is 0 Å². The number of fused-ring (bicyclic) bond motifs is 1. The maximum atomic E-state index is 11.1. The SMILES string of the molecule is Cc1[nH]c2ccccc2c1-n1nncc1C(=O)O. The first-order valence-electron chi connectivity index (χ1n) is 5.40. The van der Waals surface area contributed by atoms with Crippen LogP contribution in [0.25, 0.3) is 16.6 Å². The Hall–Kier alpha value is -2.63. The monoisotopic (exact) mass is 242 g/mol. The highest BCUT2D eigenvalue weighted by molar-refractivity contribution is 5.92. The fourth-order valence-electron chi connectivity index (χ4n) is 2.08. The van der Waals surface area contributed by atoms with Crippen LogP contribution in [-0.2, 0) is 0 Å². The van der Waals surface area contributed by atoms with Crippen molar-refractivity contribution in [2.45, 2.75) is 6.92 Å². The third kappa shape index (κ3) is 1.39. The van der Waals surface area contributed by atoms with Gasteiger partial charge in [0.2, 0.25) is 0 Å². The molecule has 2 aromatic heterocycles. The Morgan fingerprint density at radius 2 is 2.17 bits per heavy atom. The zero-order chi connectivity index (χ0) is 12.7. The molecule has 2 heterocycles. The largest absolute Gasteiger partial charge is 0.476 e. The van der Waals surface area contributed by atoms with E-state index in [0.29, 0.717) is 0 Å². The minimum absolute atomic E-state index is 0.0443. The molecule has 0 fully saturated rings. The molecule has 0 aliphatic heterocycles. The number of benzene rings is 1. The standard InChI is InChI=1S/C12H10N4O2/c1-7-11(8-4-2-3-5-9(8)14-7)16-10(12(17)18)6-13-15-16/h2-6,14H,1H3,(H,17,18). The lowest BCUT2D eigenvalue weighted by atomic mass is 10.2. The smallest absolute Gasteiger partial charge is 0.356 e. The molecule has 0 aliphatic rings. The molecular formula is C12H10N4O2. The number of carboxylic acid groups (broad SMARTS) is 1. The molecule has 0 saturated heterocycles. The molecule has 6 heteroatoms. The Morgan fingerprint density at radius 1 is 1.39 bits per heavy atom. The van der Waals surface area contributed by atoms with Crippen LogP contribution in [0.1, 0.15) is 16.2 Å². The van der Waals surface area contributed by atoms with Crippen LogP contribution in [0.2, 0.25) is 0 Å². The molecular weight excluding hydrogens is 232 g/mol. The van der Waals surface area contributed by atoms with Crippen molar-refractivity contribution in [3.8, 4) is 5.69 Å². The highest BCUT2D eigenvalue weighted by Crippen LogP contribution is 2.25. The molecule has 0 unspecified atom stereocenters. The third-order valence-corrected chi connectivity index (χ3v) is 2.84. The lowest BCUT2D eigenvalue weighted by Gasteiger charge is -2.02. The van der Waals surface area contributed by atoms with Crippen LogP contribution in [0.5, 0.6) is 0 Å². The molecule has 3 rings (SSSR count). The average Bonchev–Trinajstić information content (AvgIpc) is 2.91. The van der Waals surface area contributed by atoms with Crippen LogP contribution in [0.4, 0.5) is 0 Å². The minimum atomic E-state index is -1.05. The highest BCUT2D eigenvalue weighted by Gasteiger charge is 2.18. The Labute approximate surface area is 102 Å². The summed E-state index contributed by atoms with van der Waals surface area (Å²) in [5.41, 5.74) is 2.56. The van der Waals surface area contributed by atoms with E-state index < -0.39 is 5.97 Å². The molecule has 2 N–H and O–H groups in total. The molecule has 0 aliphatic carbocycles. The second kappa shape index (κ2) is 3.69. The summed E-state index contributed by atoms with van der Waals surface area (Å²) in [6.45, 7) is 1.88. The number of rotatable bonds is 2. The maximum Gasteiger partial charge on any atom is 0.356 e. The molecule has 0 spiro atoms. The minimum Gasteiger partial charge on any atom is -0.476 e. The first kappa shape index (κ1) is 10.5. The van der Waals surface area contributed by atoms with Crippen LogP contribution < -0.4 is 0 Å². The van der Waals surface area contributed by atoms with Crippen LogP contribution >= 0.6 is 0 Å². The zero-order valence-corrected chi connectivity index (χ0v) is 9.58. The number of aromatic amines is 1. The molecule has 6 nitrogen and oxygen atoms in total.